The first-order chi connectivity index (χ1) is 13.2. The van der Waals surface area contributed by atoms with Crippen LogP contribution in [-0.4, -0.2) is 24.2 Å². The van der Waals surface area contributed by atoms with Crippen LogP contribution >= 0.6 is 11.6 Å². The molecule has 0 radical (unpaired) electrons. The number of ether oxygens (including phenoxy) is 1. The molecule has 0 spiro atoms. The average Bonchev–Trinajstić information content (AvgIpc) is 2.62. The van der Waals surface area contributed by atoms with Crippen molar-refractivity contribution in [1.82, 2.24) is 0 Å². The molecule has 0 aliphatic carbocycles. The molecule has 28 heavy (non-hydrogen) atoms. The Labute approximate surface area is 168 Å². The van der Waals surface area contributed by atoms with Crippen molar-refractivity contribution in [2.24, 2.45) is 0 Å². The first-order valence-corrected chi connectivity index (χ1v) is 9.42. The van der Waals surface area contributed by atoms with Gasteiger partial charge in [-0.25, -0.2) is 8.78 Å². The molecule has 0 fully saturated rings. The summed E-state index contributed by atoms with van der Waals surface area (Å²) in [6, 6.07) is 4.28. The molecule has 4 nitrogen and oxygen atoms in total. The fraction of sp³-hybridized carbons (Fsp3) is 0.381. The first kappa shape index (κ1) is 22.0. The highest BCUT2D eigenvalue weighted by Gasteiger charge is 2.20. The predicted molar refractivity (Wildman–Crippen MR) is 106 cm³/mol. The summed E-state index contributed by atoms with van der Waals surface area (Å²) in [4.78, 5) is 11.5. The van der Waals surface area contributed by atoms with Crippen LogP contribution < -0.4 is 5.32 Å². The van der Waals surface area contributed by atoms with E-state index in [0.29, 0.717) is 11.1 Å². The predicted octanol–water partition coefficient (Wildman–Crippen LogP) is 5.32. The number of esters is 1. The Hall–Kier alpha value is -2.34. The van der Waals surface area contributed by atoms with Crippen LogP contribution in [0.2, 0.25) is 5.02 Å². The monoisotopic (exact) mass is 411 g/mol. The molecular formula is C21H24ClF2NO3. The maximum Gasteiger partial charge on any atom is 0.325 e. The van der Waals surface area contributed by atoms with Crippen LogP contribution in [0.1, 0.15) is 48.9 Å². The Morgan fingerprint density at radius 1 is 1.29 bits per heavy atom. The van der Waals surface area contributed by atoms with Gasteiger partial charge in [0, 0.05) is 17.0 Å². The number of phenolic OH excluding ortho intramolecular Hbond substituents is 1. The van der Waals surface area contributed by atoms with Crippen LogP contribution in [-0.2, 0) is 16.0 Å². The summed E-state index contributed by atoms with van der Waals surface area (Å²) >= 11 is 6.32. The van der Waals surface area contributed by atoms with E-state index in [2.05, 4.69) is 5.32 Å². The van der Waals surface area contributed by atoms with Gasteiger partial charge in [0.15, 0.2) is 0 Å². The molecule has 0 saturated heterocycles. The van der Waals surface area contributed by atoms with Gasteiger partial charge >= 0.3 is 5.97 Å². The van der Waals surface area contributed by atoms with Gasteiger partial charge < -0.3 is 15.2 Å². The highest BCUT2D eigenvalue weighted by molar-refractivity contribution is 6.31. The van der Waals surface area contributed by atoms with Gasteiger partial charge in [-0.2, -0.15) is 0 Å². The van der Waals surface area contributed by atoms with Crippen molar-refractivity contribution < 1.29 is 23.4 Å². The van der Waals surface area contributed by atoms with Crippen LogP contribution in [0, 0.1) is 18.6 Å². The van der Waals surface area contributed by atoms with Crippen molar-refractivity contribution in [3.8, 4) is 5.75 Å². The number of hydrogen-bond donors (Lipinski definition) is 2. The summed E-state index contributed by atoms with van der Waals surface area (Å²) in [5.41, 5.74) is 1.32. The molecule has 0 saturated carbocycles. The second-order valence-electron chi connectivity index (χ2n) is 6.79. The number of anilines is 1. The van der Waals surface area contributed by atoms with E-state index in [1.807, 2.05) is 0 Å². The van der Waals surface area contributed by atoms with Gasteiger partial charge in [-0.15, -0.1) is 0 Å². The second kappa shape index (κ2) is 9.24. The van der Waals surface area contributed by atoms with Crippen molar-refractivity contribution in [2.45, 2.75) is 40.0 Å². The summed E-state index contributed by atoms with van der Waals surface area (Å²) in [5.74, 6) is -1.90. The lowest BCUT2D eigenvalue weighted by Gasteiger charge is -2.17. The van der Waals surface area contributed by atoms with Crippen molar-refractivity contribution >= 4 is 23.3 Å². The lowest BCUT2D eigenvalue weighted by Crippen LogP contribution is -2.17. The minimum atomic E-state index is -0.563. The van der Waals surface area contributed by atoms with Crippen LogP contribution in [0.15, 0.2) is 18.2 Å². The fourth-order valence-electron chi connectivity index (χ4n) is 3.02. The zero-order chi connectivity index (χ0) is 21.0. The molecule has 2 rings (SSSR count). The topological polar surface area (TPSA) is 58.6 Å². The first-order valence-electron chi connectivity index (χ1n) is 9.04. The number of carbonyl (C=O) groups excluding carboxylic acids is 1. The molecule has 2 N–H and O–H groups in total. The van der Waals surface area contributed by atoms with Crippen molar-refractivity contribution in [3.05, 3.63) is 57.1 Å². The van der Waals surface area contributed by atoms with E-state index < -0.39 is 17.6 Å². The molecule has 0 aliphatic heterocycles. The lowest BCUT2D eigenvalue weighted by atomic mass is 9.93. The van der Waals surface area contributed by atoms with Gasteiger partial charge in [0.1, 0.15) is 23.9 Å². The van der Waals surface area contributed by atoms with Crippen molar-refractivity contribution in [2.75, 3.05) is 18.5 Å². The Morgan fingerprint density at radius 2 is 1.96 bits per heavy atom. The number of aromatic hydroxyl groups is 1. The molecule has 152 valence electrons. The lowest BCUT2D eigenvalue weighted by molar-refractivity contribution is -0.140. The van der Waals surface area contributed by atoms with E-state index in [-0.39, 0.29) is 53.1 Å². The van der Waals surface area contributed by atoms with E-state index in [9.17, 15) is 18.7 Å². The molecule has 7 heteroatoms. The summed E-state index contributed by atoms with van der Waals surface area (Å²) in [7, 11) is 0. The average molecular weight is 412 g/mol. The number of rotatable bonds is 7. The summed E-state index contributed by atoms with van der Waals surface area (Å²) in [5, 5.41) is 12.8. The van der Waals surface area contributed by atoms with Crippen molar-refractivity contribution in [3.63, 3.8) is 0 Å². The standard InChI is InChI=1S/C21H24ClF2NO3/c1-5-28-18(27)10-25-16-9-15(22)14(12(4)20(16)23)8-13-6-7-17(26)19(11(2)3)21(13)24/h6-7,9,11,25-26H,5,8,10H2,1-4H3. The summed E-state index contributed by atoms with van der Waals surface area (Å²) in [6.07, 6.45) is 0.0750. The molecule has 2 aromatic carbocycles. The maximum absolute atomic E-state index is 14.8. The number of halogens is 3. The number of phenols is 1. The Balaban J connectivity index is 2.34. The second-order valence-corrected chi connectivity index (χ2v) is 7.19. The van der Waals surface area contributed by atoms with Gasteiger partial charge in [-0.3, -0.25) is 4.79 Å². The Bertz CT molecular complexity index is 885. The fourth-order valence-corrected chi connectivity index (χ4v) is 3.34. The van der Waals surface area contributed by atoms with Crippen LogP contribution in [0.4, 0.5) is 14.5 Å². The number of benzene rings is 2. The largest absolute Gasteiger partial charge is 0.508 e. The summed E-state index contributed by atoms with van der Waals surface area (Å²) in [6.45, 7) is 6.84. The highest BCUT2D eigenvalue weighted by atomic mass is 35.5. The molecule has 0 aromatic heterocycles. The van der Waals surface area contributed by atoms with Crippen LogP contribution in [0.25, 0.3) is 0 Å². The molecule has 0 heterocycles. The van der Waals surface area contributed by atoms with Gasteiger partial charge in [0.05, 0.1) is 12.3 Å². The SMILES string of the molecule is CCOC(=O)CNc1cc(Cl)c(Cc2ccc(O)c(C(C)C)c2F)c(C)c1F. The summed E-state index contributed by atoms with van der Waals surface area (Å²) < 4.78 is 34.4. The molecule has 0 bridgehead atoms. The molecule has 0 unspecified atom stereocenters. The minimum Gasteiger partial charge on any atom is -0.508 e. The van der Waals surface area contributed by atoms with Crippen molar-refractivity contribution in [1.29, 1.82) is 0 Å². The van der Waals surface area contributed by atoms with Gasteiger partial charge in [0.2, 0.25) is 0 Å². The normalized spacial score (nSPS) is 11.0. The third kappa shape index (κ3) is 4.73. The molecule has 0 atom stereocenters. The van der Waals surface area contributed by atoms with E-state index in [4.69, 9.17) is 16.3 Å². The maximum atomic E-state index is 14.8. The molecule has 0 amide bonds. The third-order valence-corrected chi connectivity index (χ3v) is 4.82. The quantitative estimate of drug-likeness (QED) is 0.605. The van der Waals surface area contributed by atoms with Gasteiger partial charge in [0.25, 0.3) is 0 Å². The minimum absolute atomic E-state index is 0.0750. The zero-order valence-electron chi connectivity index (χ0n) is 16.3. The van der Waals surface area contributed by atoms with Gasteiger partial charge in [-0.05, 0) is 48.6 Å². The Morgan fingerprint density at radius 3 is 2.57 bits per heavy atom. The molecular weight excluding hydrogens is 388 g/mol. The Kier molecular flexibility index (Phi) is 7.24. The molecule has 0 aliphatic rings. The van der Waals surface area contributed by atoms with E-state index in [1.54, 1.807) is 27.7 Å². The zero-order valence-corrected chi connectivity index (χ0v) is 17.1. The van der Waals surface area contributed by atoms with E-state index in [1.165, 1.54) is 18.2 Å². The van der Waals surface area contributed by atoms with E-state index in [0.717, 1.165) is 0 Å². The molecule has 2 aromatic rings. The number of nitrogens with one attached hydrogen (secondary N) is 1. The third-order valence-electron chi connectivity index (χ3n) is 4.49. The number of hydrogen-bond acceptors (Lipinski definition) is 4. The highest BCUT2D eigenvalue weighted by Crippen LogP contribution is 2.34. The van der Waals surface area contributed by atoms with Crippen LogP contribution in [0.3, 0.4) is 0 Å². The van der Waals surface area contributed by atoms with Crippen LogP contribution in [0.5, 0.6) is 5.75 Å². The van der Waals surface area contributed by atoms with E-state index >= 15 is 0 Å². The van der Waals surface area contributed by atoms with Gasteiger partial charge in [-0.1, -0.05) is 31.5 Å². The smallest absolute Gasteiger partial charge is 0.325 e. The number of carbonyl (C=O) groups is 1.